The molecule has 274 valence electrons. The third-order valence-corrected chi connectivity index (χ3v) is 10.8. The molecule has 0 radical (unpaired) electrons. The van der Waals surface area contributed by atoms with Gasteiger partial charge in [0.1, 0.15) is 0 Å². The Morgan fingerprint density at radius 2 is 0.875 bits per heavy atom. The molecule has 6 atom stereocenters. The minimum Gasteiger partial charge on any atom is -0.393 e. The van der Waals surface area contributed by atoms with Crippen LogP contribution in [0.4, 0.5) is 0 Å². The molecule has 6 unspecified atom stereocenters. The van der Waals surface area contributed by atoms with Crippen molar-refractivity contribution in [2.45, 2.75) is 182 Å². The lowest BCUT2D eigenvalue weighted by Gasteiger charge is -2.31. The molecular weight excluding hydrogens is 600 g/mol. The fourth-order valence-electron chi connectivity index (χ4n) is 7.79. The molecule has 6 heteroatoms. The van der Waals surface area contributed by atoms with Crippen molar-refractivity contribution in [1.82, 2.24) is 0 Å². The molecule has 0 N–H and O–H groups in total. The highest BCUT2D eigenvalue weighted by molar-refractivity contribution is 5.95. The van der Waals surface area contributed by atoms with Crippen molar-refractivity contribution in [3.05, 3.63) is 24.3 Å². The van der Waals surface area contributed by atoms with Crippen molar-refractivity contribution in [1.29, 1.82) is 0 Å². The van der Waals surface area contributed by atoms with Crippen LogP contribution in [-0.2, 0) is 28.7 Å². The Kier molecular flexibility index (Phi) is 22.4. The smallest absolute Gasteiger partial charge is 0.317 e. The lowest BCUT2D eigenvalue weighted by molar-refractivity contribution is -0.155. The summed E-state index contributed by atoms with van der Waals surface area (Å²) in [6.45, 7) is 8.83. The van der Waals surface area contributed by atoms with Crippen molar-refractivity contribution in [3.8, 4) is 0 Å². The minimum atomic E-state index is -0.394. The van der Waals surface area contributed by atoms with Crippen LogP contribution in [0, 0.1) is 35.5 Å². The number of hydrogen-bond donors (Lipinski definition) is 0. The van der Waals surface area contributed by atoms with Crippen molar-refractivity contribution >= 4 is 23.9 Å². The second-order valence-electron chi connectivity index (χ2n) is 14.8. The molecule has 0 aromatic rings. The van der Waals surface area contributed by atoms with Crippen LogP contribution in [0.3, 0.4) is 0 Å². The Labute approximate surface area is 293 Å². The Hall–Kier alpha value is -2.24. The van der Waals surface area contributed by atoms with Crippen LogP contribution in [0.2, 0.25) is 0 Å². The summed E-state index contributed by atoms with van der Waals surface area (Å²) < 4.78 is 10.0. The van der Waals surface area contributed by atoms with E-state index in [1.54, 1.807) is 0 Å². The number of ether oxygens (including phenoxy) is 2. The monoisotopic (exact) mass is 671 g/mol. The molecule has 0 aromatic carbocycles. The van der Waals surface area contributed by atoms with Gasteiger partial charge in [-0.05, 0) is 62.2 Å². The maximum absolute atomic E-state index is 12.7. The molecule has 0 saturated carbocycles. The molecule has 0 amide bonds. The molecule has 2 rings (SSSR count). The summed E-state index contributed by atoms with van der Waals surface area (Å²) in [7, 11) is 0. The van der Waals surface area contributed by atoms with E-state index in [1.165, 1.54) is 89.9 Å². The first-order valence-corrected chi connectivity index (χ1v) is 20.2. The quantitative estimate of drug-likeness (QED) is 0.0341. The first-order chi connectivity index (χ1) is 23.3. The summed E-state index contributed by atoms with van der Waals surface area (Å²) in [5.74, 6) is -1.21. The molecule has 48 heavy (non-hydrogen) atoms. The van der Waals surface area contributed by atoms with Gasteiger partial charge < -0.3 is 9.47 Å². The predicted molar refractivity (Wildman–Crippen MR) is 195 cm³/mol. The van der Waals surface area contributed by atoms with Crippen LogP contribution in [-0.4, -0.2) is 23.9 Å². The topological polar surface area (TPSA) is 86.7 Å². The molecule has 0 aromatic heterocycles. The lowest BCUT2D eigenvalue weighted by atomic mass is 9.74. The average molecular weight is 671 g/mol. The highest BCUT2D eigenvalue weighted by Gasteiger charge is 2.40. The van der Waals surface area contributed by atoms with E-state index < -0.39 is 11.9 Å². The Morgan fingerprint density at radius 3 is 1.21 bits per heavy atom. The summed E-state index contributed by atoms with van der Waals surface area (Å²) in [5.41, 5.74) is 0. The van der Waals surface area contributed by atoms with Gasteiger partial charge in [0.15, 0.2) is 0 Å². The van der Waals surface area contributed by atoms with E-state index in [2.05, 4.69) is 52.0 Å². The number of carbonyl (C=O) groups excluding carboxylic acids is 4. The first kappa shape index (κ1) is 41.9. The van der Waals surface area contributed by atoms with Crippen LogP contribution in [0.25, 0.3) is 0 Å². The fourth-order valence-corrected chi connectivity index (χ4v) is 7.79. The minimum absolute atomic E-state index is 0.0150. The van der Waals surface area contributed by atoms with E-state index in [9.17, 15) is 19.2 Å². The van der Waals surface area contributed by atoms with Gasteiger partial charge in [-0.3, -0.25) is 19.2 Å². The SMILES string of the molecule is CCC/C=C/C(CCC(CCCCCCCC)C(CCCCCCCC)CCC(/C=C/CCC)C1CC(=O)OC1=O)C1CC(=O)OC1=O. The molecule has 2 aliphatic rings. The summed E-state index contributed by atoms with van der Waals surface area (Å²) in [6, 6.07) is 0. The van der Waals surface area contributed by atoms with Crippen LogP contribution in [0.1, 0.15) is 182 Å². The van der Waals surface area contributed by atoms with Gasteiger partial charge in [0, 0.05) is 0 Å². The zero-order valence-corrected chi connectivity index (χ0v) is 31.2. The highest BCUT2D eigenvalue weighted by atomic mass is 16.6. The normalized spacial score (nSPS) is 20.9. The summed E-state index contributed by atoms with van der Waals surface area (Å²) in [6.07, 6.45) is 34.5. The Morgan fingerprint density at radius 1 is 0.500 bits per heavy atom. The number of rotatable bonds is 29. The van der Waals surface area contributed by atoms with Gasteiger partial charge in [-0.1, -0.05) is 155 Å². The number of allylic oxidation sites excluding steroid dienone is 4. The second kappa shape index (κ2) is 25.7. The number of unbranched alkanes of at least 4 members (excludes halogenated alkanes) is 12. The van der Waals surface area contributed by atoms with E-state index in [4.69, 9.17) is 9.47 Å². The van der Waals surface area contributed by atoms with Gasteiger partial charge in [-0.25, -0.2) is 0 Å². The van der Waals surface area contributed by atoms with E-state index >= 15 is 0 Å². The number of cyclic esters (lactones) is 4. The number of esters is 4. The standard InChI is InChI=1S/C42H70O6/c1-5-9-13-15-17-21-23-33(27-29-35(25-19-11-7-3)37-31-39(43)47-41(37)45)34(24-22-18-16-14-10-6-2)28-30-36(26-20-12-8-4)38-32-40(44)48-42(38)46/h19-20,25-26,33-38H,5-18,21-24,27-32H2,1-4H3/b25-19+,26-20+. The van der Waals surface area contributed by atoms with Gasteiger partial charge >= 0.3 is 23.9 Å². The van der Waals surface area contributed by atoms with E-state index in [0.29, 0.717) is 11.8 Å². The van der Waals surface area contributed by atoms with Gasteiger partial charge in [-0.2, -0.15) is 0 Å². The van der Waals surface area contributed by atoms with Crippen LogP contribution in [0.15, 0.2) is 24.3 Å². The Balaban J connectivity index is 2.28. The van der Waals surface area contributed by atoms with Crippen molar-refractivity contribution in [3.63, 3.8) is 0 Å². The molecule has 2 heterocycles. The van der Waals surface area contributed by atoms with Gasteiger partial charge in [0.25, 0.3) is 0 Å². The van der Waals surface area contributed by atoms with Crippen LogP contribution < -0.4 is 0 Å². The second-order valence-corrected chi connectivity index (χ2v) is 14.8. The van der Waals surface area contributed by atoms with E-state index in [1.807, 2.05) is 0 Å². The Bertz CT molecular complexity index is 905. The lowest BCUT2D eigenvalue weighted by Crippen LogP contribution is -2.23. The molecular formula is C42H70O6. The van der Waals surface area contributed by atoms with Crippen LogP contribution >= 0.6 is 0 Å². The van der Waals surface area contributed by atoms with Gasteiger partial charge in [0.05, 0.1) is 24.7 Å². The zero-order valence-electron chi connectivity index (χ0n) is 31.2. The molecule has 6 nitrogen and oxygen atoms in total. The third kappa shape index (κ3) is 16.4. The first-order valence-electron chi connectivity index (χ1n) is 20.2. The zero-order chi connectivity index (χ0) is 35.0. The molecule has 2 aliphatic heterocycles. The summed E-state index contributed by atoms with van der Waals surface area (Å²) >= 11 is 0. The summed E-state index contributed by atoms with van der Waals surface area (Å²) in [4.78, 5) is 49.6. The largest absolute Gasteiger partial charge is 0.393 e. The van der Waals surface area contributed by atoms with Gasteiger partial charge in [0.2, 0.25) is 0 Å². The van der Waals surface area contributed by atoms with Crippen molar-refractivity contribution < 1.29 is 28.7 Å². The maximum Gasteiger partial charge on any atom is 0.317 e. The molecule has 2 fully saturated rings. The molecule has 2 saturated heterocycles. The third-order valence-electron chi connectivity index (χ3n) is 10.8. The molecule has 0 bridgehead atoms. The van der Waals surface area contributed by atoms with E-state index in [0.717, 1.165) is 51.4 Å². The van der Waals surface area contributed by atoms with Crippen molar-refractivity contribution in [2.75, 3.05) is 0 Å². The predicted octanol–water partition coefficient (Wildman–Crippen LogP) is 11.4. The fraction of sp³-hybridized carbons (Fsp3) is 0.810. The van der Waals surface area contributed by atoms with E-state index in [-0.39, 0.29) is 48.5 Å². The molecule has 0 spiro atoms. The summed E-state index contributed by atoms with van der Waals surface area (Å²) in [5, 5.41) is 0. The maximum atomic E-state index is 12.7. The van der Waals surface area contributed by atoms with Crippen molar-refractivity contribution in [2.24, 2.45) is 35.5 Å². The molecule has 0 aliphatic carbocycles. The van der Waals surface area contributed by atoms with Crippen LogP contribution in [0.5, 0.6) is 0 Å². The highest BCUT2D eigenvalue weighted by Crippen LogP contribution is 2.39. The number of hydrogen-bond acceptors (Lipinski definition) is 6. The average Bonchev–Trinajstić information content (AvgIpc) is 3.59. The number of carbonyl (C=O) groups is 4. The van der Waals surface area contributed by atoms with Gasteiger partial charge in [-0.15, -0.1) is 0 Å².